The van der Waals surface area contributed by atoms with Gasteiger partial charge in [-0.1, -0.05) is 19.1 Å². The van der Waals surface area contributed by atoms with Crippen molar-refractivity contribution in [2.75, 3.05) is 11.9 Å². The molecule has 0 N–H and O–H groups in total. The lowest BCUT2D eigenvalue weighted by molar-refractivity contribution is 1.03. The van der Waals surface area contributed by atoms with Crippen LogP contribution in [0.4, 0.5) is 11.6 Å². The summed E-state index contributed by atoms with van der Waals surface area (Å²) in [5.41, 5.74) is 2.66. The van der Waals surface area contributed by atoms with Crippen molar-refractivity contribution in [2.24, 2.45) is 0 Å². The monoisotopic (exact) mass is 238 g/mol. The predicted molar refractivity (Wildman–Crippen MR) is 70.6 cm³/mol. The van der Waals surface area contributed by atoms with E-state index in [4.69, 9.17) is 5.26 Å². The predicted octanol–water partition coefficient (Wildman–Crippen LogP) is 2.68. The largest absolute Gasteiger partial charge is 0.314 e. The molecule has 0 amide bonds. The third-order valence-electron chi connectivity index (χ3n) is 2.79. The fraction of sp³-hybridized carbons (Fsp3) is 0.214. The van der Waals surface area contributed by atoms with Crippen LogP contribution in [-0.2, 0) is 6.42 Å². The molecule has 0 saturated carbocycles. The second kappa shape index (κ2) is 5.28. The van der Waals surface area contributed by atoms with E-state index in [-0.39, 0.29) is 0 Å². The maximum Gasteiger partial charge on any atom is 0.230 e. The first-order chi connectivity index (χ1) is 8.74. The Hall–Kier alpha value is -2.41. The lowest BCUT2D eigenvalue weighted by atomic mass is 10.1. The Morgan fingerprint density at radius 3 is 2.56 bits per heavy atom. The van der Waals surface area contributed by atoms with Gasteiger partial charge in [0, 0.05) is 18.9 Å². The third kappa shape index (κ3) is 2.46. The summed E-state index contributed by atoms with van der Waals surface area (Å²) in [6.45, 7) is 2.12. The number of hydrogen-bond donors (Lipinski definition) is 0. The van der Waals surface area contributed by atoms with Gasteiger partial charge < -0.3 is 4.90 Å². The molecule has 0 fully saturated rings. The van der Waals surface area contributed by atoms with Crippen LogP contribution >= 0.6 is 0 Å². The van der Waals surface area contributed by atoms with Gasteiger partial charge >= 0.3 is 0 Å². The van der Waals surface area contributed by atoms with Crippen molar-refractivity contribution in [3.63, 3.8) is 0 Å². The summed E-state index contributed by atoms with van der Waals surface area (Å²) in [5, 5.41) is 8.82. The molecule has 18 heavy (non-hydrogen) atoms. The van der Waals surface area contributed by atoms with E-state index in [0.29, 0.717) is 11.6 Å². The third-order valence-corrected chi connectivity index (χ3v) is 2.79. The highest BCUT2D eigenvalue weighted by atomic mass is 15.2. The van der Waals surface area contributed by atoms with Crippen molar-refractivity contribution < 1.29 is 0 Å². The van der Waals surface area contributed by atoms with E-state index in [9.17, 15) is 0 Å². The molecule has 2 aromatic rings. The maximum atomic E-state index is 8.82. The quantitative estimate of drug-likeness (QED) is 0.825. The number of anilines is 2. The average Bonchev–Trinajstić information content (AvgIpc) is 2.46. The first-order valence-corrected chi connectivity index (χ1v) is 5.80. The van der Waals surface area contributed by atoms with Gasteiger partial charge in [-0.25, -0.2) is 9.97 Å². The lowest BCUT2D eigenvalue weighted by Crippen LogP contribution is -2.13. The SMILES string of the molecule is CCc1ccc(N(C)c2nccc(C#N)n2)cc1. The van der Waals surface area contributed by atoms with Gasteiger partial charge in [-0.15, -0.1) is 0 Å². The van der Waals surface area contributed by atoms with Crippen molar-refractivity contribution in [2.45, 2.75) is 13.3 Å². The highest BCUT2D eigenvalue weighted by molar-refractivity contribution is 5.56. The standard InChI is InChI=1S/C14H14N4/c1-3-11-4-6-13(7-5-11)18(2)14-16-9-8-12(10-15)17-14/h4-9H,3H2,1-2H3. The van der Waals surface area contributed by atoms with Gasteiger partial charge in [-0.2, -0.15) is 5.26 Å². The summed E-state index contributed by atoms with van der Waals surface area (Å²) in [6.07, 6.45) is 2.61. The van der Waals surface area contributed by atoms with Crippen LogP contribution in [0.3, 0.4) is 0 Å². The van der Waals surface area contributed by atoms with E-state index in [1.54, 1.807) is 12.3 Å². The van der Waals surface area contributed by atoms with Gasteiger partial charge in [0.2, 0.25) is 5.95 Å². The Bertz CT molecular complexity index is 569. The smallest absolute Gasteiger partial charge is 0.230 e. The highest BCUT2D eigenvalue weighted by Crippen LogP contribution is 2.20. The van der Waals surface area contributed by atoms with E-state index >= 15 is 0 Å². The van der Waals surface area contributed by atoms with E-state index < -0.39 is 0 Å². The summed E-state index contributed by atoms with van der Waals surface area (Å²) in [6, 6.07) is 11.8. The van der Waals surface area contributed by atoms with Crippen molar-refractivity contribution >= 4 is 11.6 Å². The summed E-state index contributed by atoms with van der Waals surface area (Å²) < 4.78 is 0. The summed E-state index contributed by atoms with van der Waals surface area (Å²) in [4.78, 5) is 10.2. The number of rotatable bonds is 3. The number of nitrogens with zero attached hydrogens (tertiary/aromatic N) is 4. The highest BCUT2D eigenvalue weighted by Gasteiger charge is 2.07. The maximum absolute atomic E-state index is 8.82. The van der Waals surface area contributed by atoms with Crippen molar-refractivity contribution in [1.29, 1.82) is 5.26 Å². The fourth-order valence-electron chi connectivity index (χ4n) is 1.64. The molecule has 90 valence electrons. The Kier molecular flexibility index (Phi) is 3.54. The summed E-state index contributed by atoms with van der Waals surface area (Å²) in [7, 11) is 1.89. The first-order valence-electron chi connectivity index (χ1n) is 5.80. The Morgan fingerprint density at radius 1 is 1.22 bits per heavy atom. The molecule has 0 aliphatic carbocycles. The van der Waals surface area contributed by atoms with Gasteiger partial charge in [0.15, 0.2) is 0 Å². The second-order valence-electron chi connectivity index (χ2n) is 3.93. The van der Waals surface area contributed by atoms with Crippen LogP contribution < -0.4 is 4.90 Å². The van der Waals surface area contributed by atoms with Crippen LogP contribution in [0, 0.1) is 11.3 Å². The zero-order valence-corrected chi connectivity index (χ0v) is 10.5. The molecule has 2 rings (SSSR count). The van der Waals surface area contributed by atoms with E-state index in [1.807, 2.05) is 30.1 Å². The molecule has 1 aromatic carbocycles. The van der Waals surface area contributed by atoms with Gasteiger partial charge in [0.1, 0.15) is 11.8 Å². The summed E-state index contributed by atoms with van der Waals surface area (Å²) in [5.74, 6) is 0.526. The molecule has 0 aliphatic rings. The molecule has 0 radical (unpaired) electrons. The molecule has 1 heterocycles. The molecule has 0 bridgehead atoms. The fourth-order valence-corrected chi connectivity index (χ4v) is 1.64. The van der Waals surface area contributed by atoms with Crippen LogP contribution in [0.15, 0.2) is 36.5 Å². The molecule has 0 spiro atoms. The lowest BCUT2D eigenvalue weighted by Gasteiger charge is -2.17. The van der Waals surface area contributed by atoms with E-state index in [0.717, 1.165) is 12.1 Å². The van der Waals surface area contributed by atoms with Crippen molar-refractivity contribution in [3.05, 3.63) is 47.8 Å². The zero-order chi connectivity index (χ0) is 13.0. The van der Waals surface area contributed by atoms with Crippen molar-refractivity contribution in [1.82, 2.24) is 9.97 Å². The van der Waals surface area contributed by atoms with Gasteiger partial charge in [-0.3, -0.25) is 0 Å². The van der Waals surface area contributed by atoms with Gasteiger partial charge in [0.05, 0.1) is 0 Å². The number of nitriles is 1. The molecule has 0 aliphatic heterocycles. The zero-order valence-electron chi connectivity index (χ0n) is 10.5. The van der Waals surface area contributed by atoms with E-state index in [2.05, 4.69) is 29.0 Å². The van der Waals surface area contributed by atoms with Crippen LogP contribution in [0.25, 0.3) is 0 Å². The Morgan fingerprint density at radius 2 is 1.94 bits per heavy atom. The van der Waals surface area contributed by atoms with Gasteiger partial charge in [-0.05, 0) is 30.2 Å². The first kappa shape index (κ1) is 12.1. The number of hydrogen-bond acceptors (Lipinski definition) is 4. The van der Waals surface area contributed by atoms with Crippen LogP contribution in [0.1, 0.15) is 18.2 Å². The molecular weight excluding hydrogens is 224 g/mol. The van der Waals surface area contributed by atoms with Crippen LogP contribution in [0.2, 0.25) is 0 Å². The molecule has 0 unspecified atom stereocenters. The minimum Gasteiger partial charge on any atom is -0.314 e. The minimum atomic E-state index is 0.372. The normalized spacial score (nSPS) is 9.83. The number of benzene rings is 1. The van der Waals surface area contributed by atoms with E-state index in [1.165, 1.54) is 5.56 Å². The molecule has 0 atom stereocenters. The second-order valence-corrected chi connectivity index (χ2v) is 3.93. The topological polar surface area (TPSA) is 52.8 Å². The number of aromatic nitrogens is 2. The Balaban J connectivity index is 2.29. The molecule has 0 saturated heterocycles. The average molecular weight is 238 g/mol. The molecular formula is C14H14N4. The molecule has 4 heteroatoms. The van der Waals surface area contributed by atoms with Gasteiger partial charge in [0.25, 0.3) is 0 Å². The van der Waals surface area contributed by atoms with Crippen molar-refractivity contribution in [3.8, 4) is 6.07 Å². The number of aryl methyl sites for hydroxylation is 1. The minimum absolute atomic E-state index is 0.372. The van der Waals surface area contributed by atoms with Crippen LogP contribution in [0.5, 0.6) is 0 Å². The Labute approximate surface area is 107 Å². The van der Waals surface area contributed by atoms with Crippen LogP contribution in [-0.4, -0.2) is 17.0 Å². The molecule has 4 nitrogen and oxygen atoms in total. The molecule has 1 aromatic heterocycles. The summed E-state index contributed by atoms with van der Waals surface area (Å²) >= 11 is 0.